The molecule has 12 heavy (non-hydrogen) atoms. The van der Waals surface area contributed by atoms with Gasteiger partial charge in [0.25, 0.3) is 0 Å². The highest BCUT2D eigenvalue weighted by Crippen LogP contribution is 2.20. The minimum absolute atomic E-state index is 0.819. The van der Waals surface area contributed by atoms with Crippen LogP contribution in [0.15, 0.2) is 9.85 Å². The van der Waals surface area contributed by atoms with Gasteiger partial charge in [-0.1, -0.05) is 23.1 Å². The van der Waals surface area contributed by atoms with Crippen LogP contribution < -0.4 is 5.32 Å². The minimum atomic E-state index is 0.819. The first-order valence-electron chi connectivity index (χ1n) is 4.07. The van der Waals surface area contributed by atoms with Crippen molar-refractivity contribution in [3.63, 3.8) is 0 Å². The molecule has 3 nitrogen and oxygen atoms in total. The molecule has 1 aromatic rings. The molecule has 0 aliphatic heterocycles. The lowest BCUT2D eigenvalue weighted by Gasteiger charge is -1.98. The van der Waals surface area contributed by atoms with E-state index in [1.165, 1.54) is 12.8 Å². The van der Waals surface area contributed by atoms with Gasteiger partial charge in [0.15, 0.2) is 4.34 Å². The number of rotatable bonds is 5. The van der Waals surface area contributed by atoms with Crippen molar-refractivity contribution in [2.75, 3.05) is 12.3 Å². The maximum Gasteiger partial charge on any atom is 0.174 e. The average molecular weight is 201 g/mol. The lowest BCUT2D eigenvalue weighted by Crippen LogP contribution is -2.18. The predicted octanol–water partition coefficient (Wildman–Crippen LogP) is 1.38. The summed E-state index contributed by atoms with van der Waals surface area (Å²) in [7, 11) is 0. The van der Waals surface area contributed by atoms with Crippen molar-refractivity contribution in [1.29, 1.82) is 0 Å². The van der Waals surface area contributed by atoms with Gasteiger partial charge in [-0.05, 0) is 12.8 Å². The van der Waals surface area contributed by atoms with Crippen LogP contribution >= 0.6 is 23.1 Å². The van der Waals surface area contributed by atoms with Crippen molar-refractivity contribution in [1.82, 2.24) is 15.5 Å². The summed E-state index contributed by atoms with van der Waals surface area (Å²) in [6, 6.07) is 0.819. The van der Waals surface area contributed by atoms with E-state index < -0.39 is 0 Å². The highest BCUT2D eigenvalue weighted by atomic mass is 32.2. The van der Waals surface area contributed by atoms with Crippen LogP contribution in [0.1, 0.15) is 12.8 Å². The quantitative estimate of drug-likeness (QED) is 0.577. The third kappa shape index (κ3) is 2.73. The summed E-state index contributed by atoms with van der Waals surface area (Å²) < 4.78 is 1.08. The fraction of sp³-hybridized carbons (Fsp3) is 0.714. The van der Waals surface area contributed by atoms with Crippen LogP contribution in [0.2, 0.25) is 0 Å². The minimum Gasteiger partial charge on any atom is -0.313 e. The third-order valence-corrected chi connectivity index (χ3v) is 3.54. The molecular formula is C7H11N3S2. The van der Waals surface area contributed by atoms with Crippen LogP contribution in [0.5, 0.6) is 0 Å². The summed E-state index contributed by atoms with van der Waals surface area (Å²) in [5.74, 6) is 1.10. The molecule has 0 radical (unpaired) electrons. The number of nitrogens with zero attached hydrogens (tertiary/aromatic N) is 2. The van der Waals surface area contributed by atoms with Gasteiger partial charge in [0.2, 0.25) is 0 Å². The Bertz CT molecular complexity index is 221. The van der Waals surface area contributed by atoms with Gasteiger partial charge in [0, 0.05) is 18.3 Å². The number of hydrogen-bond acceptors (Lipinski definition) is 5. The summed E-state index contributed by atoms with van der Waals surface area (Å²) in [5.41, 5.74) is 1.77. The Balaban J connectivity index is 1.56. The first-order chi connectivity index (χ1) is 5.95. The van der Waals surface area contributed by atoms with Gasteiger partial charge in [0.1, 0.15) is 5.51 Å². The first kappa shape index (κ1) is 8.47. The third-order valence-electron chi connectivity index (χ3n) is 1.68. The van der Waals surface area contributed by atoms with Crippen LogP contribution in [0, 0.1) is 0 Å². The van der Waals surface area contributed by atoms with E-state index >= 15 is 0 Å². The van der Waals surface area contributed by atoms with E-state index in [0.717, 1.165) is 22.7 Å². The van der Waals surface area contributed by atoms with E-state index in [4.69, 9.17) is 0 Å². The Morgan fingerprint density at radius 1 is 1.67 bits per heavy atom. The van der Waals surface area contributed by atoms with E-state index in [-0.39, 0.29) is 0 Å². The fourth-order valence-corrected chi connectivity index (χ4v) is 2.34. The molecule has 1 aliphatic rings. The zero-order valence-electron chi connectivity index (χ0n) is 6.69. The van der Waals surface area contributed by atoms with E-state index in [1.807, 2.05) is 0 Å². The molecule has 1 fully saturated rings. The van der Waals surface area contributed by atoms with Gasteiger partial charge in [-0.3, -0.25) is 0 Å². The SMILES string of the molecule is c1nnc(SCCNC2CC2)s1. The number of aromatic nitrogens is 2. The van der Waals surface area contributed by atoms with Gasteiger partial charge in [0.05, 0.1) is 0 Å². The largest absolute Gasteiger partial charge is 0.313 e. The molecular weight excluding hydrogens is 190 g/mol. The monoisotopic (exact) mass is 201 g/mol. The van der Waals surface area contributed by atoms with Gasteiger partial charge in [-0.15, -0.1) is 10.2 Å². The molecule has 66 valence electrons. The molecule has 0 aromatic carbocycles. The smallest absolute Gasteiger partial charge is 0.174 e. The first-order valence-corrected chi connectivity index (χ1v) is 5.94. The number of hydrogen-bond donors (Lipinski definition) is 1. The van der Waals surface area contributed by atoms with Crippen LogP contribution in [0.25, 0.3) is 0 Å². The van der Waals surface area contributed by atoms with Crippen molar-refractivity contribution in [2.45, 2.75) is 23.2 Å². The molecule has 1 heterocycles. The average Bonchev–Trinajstić information content (AvgIpc) is 2.76. The highest BCUT2D eigenvalue weighted by Gasteiger charge is 2.19. The molecule has 0 spiro atoms. The molecule has 1 aromatic heterocycles. The summed E-state index contributed by atoms with van der Waals surface area (Å²) in [4.78, 5) is 0. The second kappa shape index (κ2) is 4.20. The Kier molecular flexibility index (Phi) is 2.97. The Morgan fingerprint density at radius 3 is 3.25 bits per heavy atom. The van der Waals surface area contributed by atoms with Gasteiger partial charge in [-0.25, -0.2) is 0 Å². The molecule has 0 amide bonds. The molecule has 0 atom stereocenters. The normalized spacial score (nSPS) is 16.7. The summed E-state index contributed by atoms with van der Waals surface area (Å²) in [5, 5.41) is 11.2. The Hall–Kier alpha value is -0.130. The summed E-state index contributed by atoms with van der Waals surface area (Å²) >= 11 is 3.39. The standard InChI is InChI=1S/C7H11N3S2/c1-2-6(1)8-3-4-11-7-10-9-5-12-7/h5-6,8H,1-4H2. The van der Waals surface area contributed by atoms with E-state index in [1.54, 1.807) is 28.6 Å². The van der Waals surface area contributed by atoms with Crippen molar-refractivity contribution in [2.24, 2.45) is 0 Å². The molecule has 0 unspecified atom stereocenters. The maximum atomic E-state index is 3.95. The molecule has 0 bridgehead atoms. The topological polar surface area (TPSA) is 37.8 Å². The molecule has 1 aliphatic carbocycles. The molecule has 5 heteroatoms. The molecule has 1 N–H and O–H groups in total. The Labute approximate surface area is 80.0 Å². The van der Waals surface area contributed by atoms with Crippen LogP contribution in [-0.4, -0.2) is 28.5 Å². The van der Waals surface area contributed by atoms with Gasteiger partial charge in [-0.2, -0.15) is 0 Å². The second-order valence-electron chi connectivity index (χ2n) is 2.78. The zero-order valence-corrected chi connectivity index (χ0v) is 8.33. The van der Waals surface area contributed by atoms with Gasteiger partial charge >= 0.3 is 0 Å². The molecule has 1 saturated carbocycles. The van der Waals surface area contributed by atoms with E-state index in [0.29, 0.717) is 0 Å². The van der Waals surface area contributed by atoms with Crippen molar-refractivity contribution >= 4 is 23.1 Å². The van der Waals surface area contributed by atoms with Crippen LogP contribution in [0.3, 0.4) is 0 Å². The lowest BCUT2D eigenvalue weighted by atomic mass is 10.6. The maximum absolute atomic E-state index is 3.95. The van der Waals surface area contributed by atoms with Crippen molar-refractivity contribution < 1.29 is 0 Å². The number of thioether (sulfide) groups is 1. The fourth-order valence-electron chi connectivity index (χ4n) is 0.915. The van der Waals surface area contributed by atoms with Crippen molar-refractivity contribution in [3.8, 4) is 0 Å². The van der Waals surface area contributed by atoms with E-state index in [2.05, 4.69) is 15.5 Å². The van der Waals surface area contributed by atoms with Crippen LogP contribution in [-0.2, 0) is 0 Å². The second-order valence-corrected chi connectivity index (χ2v) is 4.96. The Morgan fingerprint density at radius 2 is 2.58 bits per heavy atom. The predicted molar refractivity (Wildman–Crippen MR) is 51.7 cm³/mol. The highest BCUT2D eigenvalue weighted by molar-refractivity contribution is 8.01. The lowest BCUT2D eigenvalue weighted by molar-refractivity contribution is 0.726. The van der Waals surface area contributed by atoms with Gasteiger partial charge < -0.3 is 5.32 Å². The van der Waals surface area contributed by atoms with Crippen molar-refractivity contribution in [3.05, 3.63) is 5.51 Å². The summed E-state index contributed by atoms with van der Waals surface area (Å²) in [6.45, 7) is 1.09. The van der Waals surface area contributed by atoms with Crippen LogP contribution in [0.4, 0.5) is 0 Å². The number of nitrogens with one attached hydrogen (secondary N) is 1. The molecule has 0 saturated heterocycles. The molecule has 2 rings (SSSR count). The van der Waals surface area contributed by atoms with E-state index in [9.17, 15) is 0 Å². The summed E-state index contributed by atoms with van der Waals surface area (Å²) in [6.07, 6.45) is 2.73. The zero-order chi connectivity index (χ0) is 8.23.